The van der Waals surface area contributed by atoms with Gasteiger partial charge in [-0.25, -0.2) is 8.42 Å². The van der Waals surface area contributed by atoms with Crippen LogP contribution in [0.5, 0.6) is 0 Å². The number of aryl methyl sites for hydroxylation is 2. The van der Waals surface area contributed by atoms with Gasteiger partial charge in [0.1, 0.15) is 4.90 Å². The fraction of sp³-hybridized carbons (Fsp3) is 0.357. The molecule has 7 heteroatoms. The summed E-state index contributed by atoms with van der Waals surface area (Å²) in [5.41, 5.74) is 7.58. The third-order valence-electron chi connectivity index (χ3n) is 3.71. The molecule has 0 unspecified atom stereocenters. The van der Waals surface area contributed by atoms with Crippen molar-refractivity contribution in [3.05, 3.63) is 36.0 Å². The van der Waals surface area contributed by atoms with Gasteiger partial charge in [-0.15, -0.1) is 0 Å². The summed E-state index contributed by atoms with van der Waals surface area (Å²) >= 11 is 0. The first-order chi connectivity index (χ1) is 10.0. The Kier molecular flexibility index (Phi) is 3.36. The number of hydrogen-bond acceptors (Lipinski definition) is 4. The molecule has 1 aromatic carbocycles. The largest absolute Gasteiger partial charge is 0.381 e. The van der Waals surface area contributed by atoms with Crippen LogP contribution >= 0.6 is 0 Å². The summed E-state index contributed by atoms with van der Waals surface area (Å²) in [6.45, 7) is 2.94. The van der Waals surface area contributed by atoms with Gasteiger partial charge < -0.3 is 5.73 Å². The van der Waals surface area contributed by atoms with Crippen molar-refractivity contribution in [3.8, 4) is 0 Å². The Morgan fingerprint density at radius 1 is 1.33 bits per heavy atom. The van der Waals surface area contributed by atoms with Gasteiger partial charge in [-0.1, -0.05) is 18.2 Å². The minimum absolute atomic E-state index is 0.0555. The first-order valence-corrected chi connectivity index (χ1v) is 8.41. The molecule has 0 bridgehead atoms. The molecular formula is C14H18N4O2S. The van der Waals surface area contributed by atoms with Crippen LogP contribution in [-0.4, -0.2) is 24.7 Å². The number of aromatic nitrogens is 2. The highest BCUT2D eigenvalue weighted by Crippen LogP contribution is 2.33. The lowest BCUT2D eigenvalue weighted by molar-refractivity contribution is 0.586. The van der Waals surface area contributed by atoms with Gasteiger partial charge in [0, 0.05) is 19.3 Å². The Morgan fingerprint density at radius 2 is 2.10 bits per heavy atom. The van der Waals surface area contributed by atoms with Crippen LogP contribution in [0.4, 0.5) is 11.5 Å². The second-order valence-corrected chi connectivity index (χ2v) is 6.87. The summed E-state index contributed by atoms with van der Waals surface area (Å²) in [5, 5.41) is 4.03. The molecule has 0 aliphatic carbocycles. The van der Waals surface area contributed by atoms with E-state index in [1.165, 1.54) is 15.2 Å². The molecule has 0 radical (unpaired) electrons. The van der Waals surface area contributed by atoms with Crippen molar-refractivity contribution in [1.82, 2.24) is 9.78 Å². The van der Waals surface area contributed by atoms with Crippen molar-refractivity contribution in [3.63, 3.8) is 0 Å². The topological polar surface area (TPSA) is 81.2 Å². The highest BCUT2D eigenvalue weighted by Gasteiger charge is 2.31. The van der Waals surface area contributed by atoms with Gasteiger partial charge in [0.2, 0.25) is 0 Å². The van der Waals surface area contributed by atoms with Gasteiger partial charge in [-0.3, -0.25) is 8.99 Å². The predicted molar refractivity (Wildman–Crippen MR) is 81.6 cm³/mol. The zero-order valence-corrected chi connectivity index (χ0v) is 12.7. The lowest BCUT2D eigenvalue weighted by Crippen LogP contribution is -2.35. The normalized spacial score (nSPS) is 15.0. The number of hydrogen-bond donors (Lipinski definition) is 1. The molecule has 2 N–H and O–H groups in total. The SMILES string of the molecule is CCn1cc(S(=O)(=O)N2CCCc3ccccc32)c(N)n1. The molecule has 21 heavy (non-hydrogen) atoms. The molecule has 112 valence electrons. The van der Waals surface area contributed by atoms with Gasteiger partial charge in [-0.2, -0.15) is 5.10 Å². The van der Waals surface area contributed by atoms with Crippen LogP contribution in [0.2, 0.25) is 0 Å². The average molecular weight is 306 g/mol. The molecule has 0 amide bonds. The van der Waals surface area contributed by atoms with Crippen molar-refractivity contribution in [2.45, 2.75) is 31.2 Å². The summed E-state index contributed by atoms with van der Waals surface area (Å²) in [6, 6.07) is 7.59. The van der Waals surface area contributed by atoms with Crippen LogP contribution in [0.1, 0.15) is 18.9 Å². The summed E-state index contributed by atoms with van der Waals surface area (Å²) in [7, 11) is -3.67. The van der Waals surface area contributed by atoms with E-state index in [4.69, 9.17) is 5.73 Å². The zero-order chi connectivity index (χ0) is 15.0. The molecule has 1 aromatic heterocycles. The van der Waals surface area contributed by atoms with Crippen LogP contribution < -0.4 is 10.0 Å². The number of fused-ring (bicyclic) bond motifs is 1. The standard InChI is InChI=1S/C14H18N4O2S/c1-2-17-10-13(14(15)16-17)21(19,20)18-9-5-7-11-6-3-4-8-12(11)18/h3-4,6,8,10H,2,5,7,9H2,1H3,(H2,15,16). The van der Waals surface area contributed by atoms with Crippen molar-refractivity contribution < 1.29 is 8.42 Å². The van der Waals surface area contributed by atoms with E-state index >= 15 is 0 Å². The minimum Gasteiger partial charge on any atom is -0.381 e. The Bertz CT molecular complexity index is 767. The number of nitrogens with zero attached hydrogens (tertiary/aromatic N) is 3. The van der Waals surface area contributed by atoms with Crippen molar-refractivity contribution >= 4 is 21.5 Å². The smallest absolute Gasteiger partial charge is 0.269 e. The molecule has 0 atom stereocenters. The maximum absolute atomic E-state index is 12.9. The molecule has 2 aromatic rings. The molecule has 2 heterocycles. The molecule has 0 fully saturated rings. The third-order valence-corrected chi connectivity index (χ3v) is 5.54. The number of sulfonamides is 1. The fourth-order valence-corrected chi connectivity index (χ4v) is 4.25. The van der Waals surface area contributed by atoms with E-state index in [1.54, 1.807) is 0 Å². The zero-order valence-electron chi connectivity index (χ0n) is 11.9. The fourth-order valence-electron chi connectivity index (χ4n) is 2.65. The minimum atomic E-state index is -3.67. The summed E-state index contributed by atoms with van der Waals surface area (Å²) in [4.78, 5) is 0.0843. The number of nitrogen functional groups attached to an aromatic ring is 1. The monoisotopic (exact) mass is 306 g/mol. The number of anilines is 2. The van der Waals surface area contributed by atoms with Crippen molar-refractivity contribution in [1.29, 1.82) is 0 Å². The van der Waals surface area contributed by atoms with Gasteiger partial charge in [-0.05, 0) is 31.4 Å². The van der Waals surface area contributed by atoms with Gasteiger partial charge >= 0.3 is 0 Å². The van der Waals surface area contributed by atoms with E-state index < -0.39 is 10.0 Å². The molecule has 0 saturated heterocycles. The summed E-state index contributed by atoms with van der Waals surface area (Å²) < 4.78 is 28.8. The molecule has 0 saturated carbocycles. The molecule has 1 aliphatic heterocycles. The average Bonchev–Trinajstić information content (AvgIpc) is 2.88. The van der Waals surface area contributed by atoms with Crippen LogP contribution in [0.3, 0.4) is 0 Å². The Balaban J connectivity index is 2.09. The maximum Gasteiger partial charge on any atom is 0.269 e. The highest BCUT2D eigenvalue weighted by molar-refractivity contribution is 7.93. The molecule has 0 spiro atoms. The third kappa shape index (κ3) is 2.27. The van der Waals surface area contributed by atoms with Crippen molar-refractivity contribution in [2.75, 3.05) is 16.6 Å². The Hall–Kier alpha value is -2.02. The quantitative estimate of drug-likeness (QED) is 0.934. The number of para-hydroxylation sites is 1. The van der Waals surface area contributed by atoms with E-state index in [0.29, 0.717) is 13.1 Å². The van der Waals surface area contributed by atoms with Gasteiger partial charge in [0.25, 0.3) is 10.0 Å². The van der Waals surface area contributed by atoms with E-state index in [2.05, 4.69) is 5.10 Å². The van der Waals surface area contributed by atoms with Crippen LogP contribution in [0, 0.1) is 0 Å². The number of nitrogens with two attached hydrogens (primary N) is 1. The maximum atomic E-state index is 12.9. The molecule has 3 rings (SSSR count). The van der Waals surface area contributed by atoms with Crippen molar-refractivity contribution in [2.24, 2.45) is 0 Å². The number of benzene rings is 1. The number of rotatable bonds is 3. The molecule has 6 nitrogen and oxygen atoms in total. The van der Waals surface area contributed by atoms with Crippen LogP contribution in [0.25, 0.3) is 0 Å². The molecule has 1 aliphatic rings. The van der Waals surface area contributed by atoms with E-state index in [-0.39, 0.29) is 10.7 Å². The Morgan fingerprint density at radius 3 is 2.81 bits per heavy atom. The molecular weight excluding hydrogens is 288 g/mol. The summed E-state index contributed by atoms with van der Waals surface area (Å²) in [6.07, 6.45) is 3.20. The van der Waals surface area contributed by atoms with Crippen LogP contribution in [0.15, 0.2) is 35.4 Å². The van der Waals surface area contributed by atoms with Crippen LogP contribution in [-0.2, 0) is 23.0 Å². The second-order valence-electron chi connectivity index (χ2n) is 5.04. The van der Waals surface area contributed by atoms with E-state index in [1.807, 2.05) is 31.2 Å². The Labute approximate surface area is 124 Å². The second kappa shape index (κ2) is 5.07. The highest BCUT2D eigenvalue weighted by atomic mass is 32.2. The predicted octanol–water partition coefficient (Wildman–Crippen LogP) is 1.63. The van der Waals surface area contributed by atoms with E-state index in [9.17, 15) is 8.42 Å². The summed E-state index contributed by atoms with van der Waals surface area (Å²) in [5.74, 6) is 0.0555. The van der Waals surface area contributed by atoms with Gasteiger partial charge in [0.15, 0.2) is 5.82 Å². The first-order valence-electron chi connectivity index (χ1n) is 6.97. The lowest BCUT2D eigenvalue weighted by Gasteiger charge is -2.30. The first kappa shape index (κ1) is 13.9. The lowest BCUT2D eigenvalue weighted by atomic mass is 10.0. The van der Waals surface area contributed by atoms with E-state index in [0.717, 1.165) is 24.1 Å². The van der Waals surface area contributed by atoms with Gasteiger partial charge in [0.05, 0.1) is 5.69 Å².